The van der Waals surface area contributed by atoms with Crippen molar-refractivity contribution in [3.8, 4) is 0 Å². The van der Waals surface area contributed by atoms with Crippen LogP contribution in [0.25, 0.3) is 0 Å². The number of hydrogen-bond donors (Lipinski definition) is 2. The molecule has 0 saturated carbocycles. The third-order valence-electron chi connectivity index (χ3n) is 5.53. The summed E-state index contributed by atoms with van der Waals surface area (Å²) in [5.41, 5.74) is 1.19. The number of phosphoric acid groups is 1. The number of anilines is 1. The third kappa shape index (κ3) is 28.3. The van der Waals surface area contributed by atoms with Crippen LogP contribution in [0.4, 0.5) is 5.69 Å². The Hall–Kier alpha value is -0.510. The molecule has 0 bridgehead atoms. The molecule has 0 aliphatic rings. The van der Waals surface area contributed by atoms with Gasteiger partial charge in [0.15, 0.2) is 0 Å². The van der Waals surface area contributed by atoms with Gasteiger partial charge >= 0.3 is 35.5 Å². The van der Waals surface area contributed by atoms with Crippen LogP contribution in [0.2, 0.25) is 0 Å². The number of ether oxygens (including phenoxy) is 1. The second kappa shape index (κ2) is 25.8. The number of aliphatic hydroxyl groups excluding tert-OH is 1. The Morgan fingerprint density at radius 1 is 0.946 bits per heavy atom. The van der Waals surface area contributed by atoms with Crippen molar-refractivity contribution >= 4 is 19.5 Å². The minimum absolute atomic E-state index is 0. The fourth-order valence-corrected chi connectivity index (χ4v) is 3.78. The van der Waals surface area contributed by atoms with Crippen LogP contribution >= 0.6 is 7.82 Å². The van der Waals surface area contributed by atoms with Crippen molar-refractivity contribution in [2.24, 2.45) is 0 Å². The number of carbonyl (C=O) groups excluding carboxylic acids is 1. The average Bonchev–Trinajstić information content (AvgIpc) is 2.84. The monoisotopic (exact) mass is 554 g/mol. The summed E-state index contributed by atoms with van der Waals surface area (Å²) < 4.78 is 19.2. The van der Waals surface area contributed by atoms with Crippen LogP contribution < -0.4 is 39.4 Å². The molecular formula is C26H48N2NaO7P. The van der Waals surface area contributed by atoms with Gasteiger partial charge in [-0.15, -0.1) is 0 Å². The van der Waals surface area contributed by atoms with E-state index >= 15 is 0 Å². The fourth-order valence-electron chi connectivity index (χ4n) is 3.42. The summed E-state index contributed by atoms with van der Waals surface area (Å²) in [4.78, 5) is 36.2. The topological polar surface area (TPSA) is 132 Å². The number of carbonyl (C=O) groups is 1. The van der Waals surface area contributed by atoms with Gasteiger partial charge in [0.1, 0.15) is 12.7 Å². The summed E-state index contributed by atoms with van der Waals surface area (Å²) in [6.45, 7) is 1.25. The van der Waals surface area contributed by atoms with Crippen LogP contribution in [-0.2, 0) is 18.6 Å². The normalized spacial score (nSPS) is 12.9. The summed E-state index contributed by atoms with van der Waals surface area (Å²) in [5, 5.41) is 9.37. The van der Waals surface area contributed by atoms with E-state index in [1.807, 2.05) is 31.1 Å². The molecule has 1 unspecified atom stereocenters. The number of hydrogen-bond acceptors (Lipinski definition) is 8. The fraction of sp³-hybridized carbons (Fsp3) is 0.769. The van der Waals surface area contributed by atoms with E-state index in [0.717, 1.165) is 19.3 Å². The molecule has 0 aliphatic heterocycles. The van der Waals surface area contributed by atoms with Gasteiger partial charge in [-0.2, -0.15) is 0 Å². The molecule has 1 heterocycles. The first-order chi connectivity index (χ1) is 17.2. The van der Waals surface area contributed by atoms with Crippen LogP contribution in [0.15, 0.2) is 24.5 Å². The van der Waals surface area contributed by atoms with Gasteiger partial charge in [0, 0.05) is 38.6 Å². The summed E-state index contributed by atoms with van der Waals surface area (Å²) in [5.74, 6) is -0.425. The predicted octanol–water partition coefficient (Wildman–Crippen LogP) is 2.00. The zero-order valence-corrected chi connectivity index (χ0v) is 26.4. The first kappa shape index (κ1) is 38.6. The number of pyridine rings is 1. The largest absolute Gasteiger partial charge is 1.00 e. The molecule has 0 amide bonds. The minimum Gasteiger partial charge on any atom is -0.756 e. The van der Waals surface area contributed by atoms with Gasteiger partial charge in [-0.05, 0) is 18.6 Å². The summed E-state index contributed by atoms with van der Waals surface area (Å²) >= 11 is 0. The van der Waals surface area contributed by atoms with Gasteiger partial charge in [0.05, 0.1) is 6.61 Å². The Kier molecular flexibility index (Phi) is 26.9. The Balaban J connectivity index is 0. The average molecular weight is 555 g/mol. The molecule has 1 rings (SSSR count). The number of aliphatic hydroxyl groups is 1. The summed E-state index contributed by atoms with van der Waals surface area (Å²) in [6.07, 6.45) is 18.6. The first-order valence-corrected chi connectivity index (χ1v) is 14.7. The van der Waals surface area contributed by atoms with Gasteiger partial charge in [0.25, 0.3) is 7.82 Å². The van der Waals surface area contributed by atoms with Crippen molar-refractivity contribution in [2.75, 3.05) is 32.2 Å². The Bertz CT molecular complexity index is 693. The van der Waals surface area contributed by atoms with Crippen LogP contribution in [0.1, 0.15) is 96.8 Å². The van der Waals surface area contributed by atoms with Crippen LogP contribution in [-0.4, -0.2) is 54.4 Å². The molecule has 37 heavy (non-hydrogen) atoms. The number of nitrogens with zero attached hydrogens (tertiary/aromatic N) is 2. The van der Waals surface area contributed by atoms with E-state index in [1.54, 1.807) is 12.4 Å². The van der Waals surface area contributed by atoms with Crippen LogP contribution in [0, 0.1) is 0 Å². The standard InChI is InChI=1S/C19H39O7P.C7H10N2.Na/c1-2-3-4-5-6-7-8-9-10-11-12-13-14-15-19(21)25-16-18(20)17-26-27(22,23)24;1-9(2)7-3-5-8-6-4-7;/h18,20H,2-17H2,1H3,(H2,22,23,24);3-6H,1-2H3;/q;;+1/p-1/t18-;;/m1../s1. The maximum Gasteiger partial charge on any atom is 1.00 e. The molecule has 0 aromatic carbocycles. The molecule has 0 aliphatic carbocycles. The predicted molar refractivity (Wildman–Crippen MR) is 142 cm³/mol. The number of rotatable bonds is 20. The van der Waals surface area contributed by atoms with E-state index in [9.17, 15) is 19.4 Å². The van der Waals surface area contributed by atoms with E-state index in [2.05, 4.69) is 16.4 Å². The van der Waals surface area contributed by atoms with Crippen LogP contribution in [0.5, 0.6) is 0 Å². The molecule has 0 saturated heterocycles. The maximum atomic E-state index is 11.5. The molecule has 1 aromatic rings. The Morgan fingerprint density at radius 2 is 1.41 bits per heavy atom. The van der Waals surface area contributed by atoms with E-state index in [1.165, 1.54) is 69.9 Å². The molecule has 2 atom stereocenters. The van der Waals surface area contributed by atoms with Crippen molar-refractivity contribution in [1.82, 2.24) is 4.98 Å². The molecule has 0 fully saturated rings. The van der Waals surface area contributed by atoms with Gasteiger partial charge in [0.2, 0.25) is 0 Å². The quantitative estimate of drug-likeness (QED) is 0.107. The molecule has 2 N–H and O–H groups in total. The van der Waals surface area contributed by atoms with Crippen molar-refractivity contribution in [2.45, 2.75) is 103 Å². The number of aromatic nitrogens is 1. The Morgan fingerprint density at radius 3 is 1.81 bits per heavy atom. The second-order valence-corrected chi connectivity index (χ2v) is 10.4. The van der Waals surface area contributed by atoms with E-state index in [-0.39, 0.29) is 42.6 Å². The zero-order valence-electron chi connectivity index (χ0n) is 23.5. The van der Waals surface area contributed by atoms with Gasteiger partial charge in [-0.25, -0.2) is 0 Å². The first-order valence-electron chi connectivity index (χ1n) is 13.2. The summed E-state index contributed by atoms with van der Waals surface area (Å²) in [6, 6.07) is 3.94. The minimum atomic E-state index is -4.86. The van der Waals surface area contributed by atoms with Crippen molar-refractivity contribution < 1.29 is 63.1 Å². The smallest absolute Gasteiger partial charge is 0.756 e. The number of unbranched alkanes of at least 4 members (excludes halogenated alkanes) is 12. The Labute approximate surface area is 246 Å². The van der Waals surface area contributed by atoms with E-state index < -0.39 is 26.5 Å². The molecule has 1 aromatic heterocycles. The van der Waals surface area contributed by atoms with Gasteiger partial charge in [-0.1, -0.05) is 84.0 Å². The SMILES string of the molecule is CCCCCCCCCCCCCCCC(=O)OC[C@@H](O)COP(=O)([O-])O.CN(C)c1ccncc1.[Na+]. The zero-order chi connectivity index (χ0) is 27.1. The van der Waals surface area contributed by atoms with Crippen molar-refractivity contribution in [1.29, 1.82) is 0 Å². The molecule has 11 heteroatoms. The van der Waals surface area contributed by atoms with Crippen molar-refractivity contribution in [3.63, 3.8) is 0 Å². The third-order valence-corrected chi connectivity index (χ3v) is 6.01. The van der Waals surface area contributed by atoms with Gasteiger partial charge in [-0.3, -0.25) is 14.3 Å². The molecule has 0 radical (unpaired) electrons. The van der Waals surface area contributed by atoms with Gasteiger partial charge < -0.3 is 29.1 Å². The second-order valence-electron chi connectivity index (χ2n) is 9.19. The maximum absolute atomic E-state index is 11.5. The van der Waals surface area contributed by atoms with E-state index in [4.69, 9.17) is 9.63 Å². The van der Waals surface area contributed by atoms with Crippen molar-refractivity contribution in [3.05, 3.63) is 24.5 Å². The molecule has 210 valence electrons. The number of esters is 1. The number of phosphoric ester groups is 1. The van der Waals surface area contributed by atoms with E-state index in [0.29, 0.717) is 0 Å². The summed E-state index contributed by atoms with van der Waals surface area (Å²) in [7, 11) is -0.843. The van der Waals surface area contributed by atoms with Crippen LogP contribution in [0.3, 0.4) is 0 Å². The molecule has 9 nitrogen and oxygen atoms in total. The molecule has 0 spiro atoms. The molecular weight excluding hydrogens is 506 g/mol.